The summed E-state index contributed by atoms with van der Waals surface area (Å²) < 4.78 is 3.94. The van der Waals surface area contributed by atoms with E-state index >= 15 is 0 Å². The van der Waals surface area contributed by atoms with Crippen molar-refractivity contribution in [3.05, 3.63) is 47.5 Å². The van der Waals surface area contributed by atoms with Crippen molar-refractivity contribution in [3.63, 3.8) is 0 Å². The lowest BCUT2D eigenvalue weighted by Gasteiger charge is -2.06. The molecule has 0 radical (unpaired) electrons. The first-order chi connectivity index (χ1) is 8.11. The molecule has 0 N–H and O–H groups in total. The van der Waals surface area contributed by atoms with Crippen molar-refractivity contribution in [1.29, 1.82) is 5.26 Å². The molecule has 86 valence electrons. The number of nitrogens with zero attached hydrogens (tertiary/aromatic N) is 3. The SMILES string of the molecule is Cc1cc(C)c(-n2cc[n+](CC#N)c2)c(C)c1. The highest BCUT2D eigenvalue weighted by molar-refractivity contribution is 5.48. The van der Waals surface area contributed by atoms with Gasteiger partial charge in [-0.25, -0.2) is 9.13 Å². The Bertz CT molecular complexity index is 565. The maximum absolute atomic E-state index is 8.66. The minimum absolute atomic E-state index is 0.386. The molecule has 0 saturated heterocycles. The third-order valence-corrected chi connectivity index (χ3v) is 2.84. The Labute approximate surface area is 102 Å². The molecule has 0 aliphatic rings. The van der Waals surface area contributed by atoms with E-state index in [1.54, 1.807) is 0 Å². The molecule has 1 aromatic carbocycles. The number of hydrogen-bond acceptors (Lipinski definition) is 1. The second-order valence-electron chi connectivity index (χ2n) is 4.40. The third-order valence-electron chi connectivity index (χ3n) is 2.84. The second-order valence-corrected chi connectivity index (χ2v) is 4.40. The number of nitriles is 1. The highest BCUT2D eigenvalue weighted by Gasteiger charge is 2.12. The van der Waals surface area contributed by atoms with Crippen molar-refractivity contribution >= 4 is 0 Å². The van der Waals surface area contributed by atoms with Crippen LogP contribution in [0, 0.1) is 32.1 Å². The van der Waals surface area contributed by atoms with Crippen LogP contribution in [0.25, 0.3) is 5.69 Å². The number of hydrogen-bond donors (Lipinski definition) is 0. The van der Waals surface area contributed by atoms with Gasteiger partial charge in [-0.1, -0.05) is 17.7 Å². The molecular formula is C14H16N3+. The van der Waals surface area contributed by atoms with E-state index in [0.29, 0.717) is 6.54 Å². The lowest BCUT2D eigenvalue weighted by atomic mass is 10.1. The summed E-state index contributed by atoms with van der Waals surface area (Å²) in [6, 6.07) is 6.49. The predicted octanol–water partition coefficient (Wildman–Crippen LogP) is 2.21. The molecule has 1 heterocycles. The average Bonchev–Trinajstić information content (AvgIpc) is 2.65. The molecule has 2 aromatic rings. The average molecular weight is 226 g/mol. The molecule has 0 saturated carbocycles. The maximum Gasteiger partial charge on any atom is 0.249 e. The molecule has 17 heavy (non-hydrogen) atoms. The van der Waals surface area contributed by atoms with Crippen LogP contribution in [-0.2, 0) is 6.54 Å². The minimum Gasteiger partial charge on any atom is -0.223 e. The topological polar surface area (TPSA) is 32.6 Å². The molecule has 0 atom stereocenters. The van der Waals surface area contributed by atoms with E-state index in [0.717, 1.165) is 0 Å². The third kappa shape index (κ3) is 2.21. The second kappa shape index (κ2) is 4.42. The fourth-order valence-corrected chi connectivity index (χ4v) is 2.28. The summed E-state index contributed by atoms with van der Waals surface area (Å²) in [4.78, 5) is 0. The molecule has 1 aromatic heterocycles. The molecule has 2 rings (SSSR count). The van der Waals surface area contributed by atoms with Crippen molar-refractivity contribution in [2.45, 2.75) is 27.3 Å². The van der Waals surface area contributed by atoms with Gasteiger partial charge in [-0.05, 0) is 31.9 Å². The molecule has 0 unspecified atom stereocenters. The van der Waals surface area contributed by atoms with Gasteiger partial charge in [-0.2, -0.15) is 5.26 Å². The van der Waals surface area contributed by atoms with Crippen molar-refractivity contribution in [1.82, 2.24) is 4.57 Å². The predicted molar refractivity (Wildman–Crippen MR) is 65.8 cm³/mol. The molecule has 3 heteroatoms. The number of aryl methyl sites for hydroxylation is 3. The zero-order valence-electron chi connectivity index (χ0n) is 10.4. The van der Waals surface area contributed by atoms with Gasteiger partial charge in [0, 0.05) is 0 Å². The van der Waals surface area contributed by atoms with Crippen LogP contribution in [0.4, 0.5) is 0 Å². The van der Waals surface area contributed by atoms with E-state index in [-0.39, 0.29) is 0 Å². The molecular weight excluding hydrogens is 210 g/mol. The fraction of sp³-hybridized carbons (Fsp3) is 0.286. The maximum atomic E-state index is 8.66. The van der Waals surface area contributed by atoms with Gasteiger partial charge in [0.05, 0.1) is 0 Å². The fourth-order valence-electron chi connectivity index (χ4n) is 2.28. The summed E-state index contributed by atoms with van der Waals surface area (Å²) in [7, 11) is 0. The van der Waals surface area contributed by atoms with Gasteiger partial charge in [-0.3, -0.25) is 0 Å². The van der Waals surface area contributed by atoms with Gasteiger partial charge in [0.2, 0.25) is 6.33 Å². The Morgan fingerprint density at radius 2 is 1.88 bits per heavy atom. The Kier molecular flexibility index (Phi) is 2.97. The van der Waals surface area contributed by atoms with Crippen molar-refractivity contribution in [2.75, 3.05) is 0 Å². The van der Waals surface area contributed by atoms with Gasteiger partial charge in [-0.15, -0.1) is 0 Å². The summed E-state index contributed by atoms with van der Waals surface area (Å²) >= 11 is 0. The van der Waals surface area contributed by atoms with Crippen LogP contribution in [0.15, 0.2) is 30.9 Å². The van der Waals surface area contributed by atoms with Gasteiger partial charge < -0.3 is 0 Å². The molecule has 0 bridgehead atoms. The standard InChI is InChI=1S/C14H16N3/c1-11-8-12(2)14(13(3)9-11)17-7-6-16(10-17)5-4-15/h6-10H,5H2,1-3H3/q+1. The largest absolute Gasteiger partial charge is 0.249 e. The Hall–Kier alpha value is -2.08. The van der Waals surface area contributed by atoms with E-state index in [9.17, 15) is 0 Å². The van der Waals surface area contributed by atoms with Gasteiger partial charge in [0.1, 0.15) is 24.2 Å². The van der Waals surface area contributed by atoms with E-state index in [1.807, 2.05) is 23.3 Å². The highest BCUT2D eigenvalue weighted by Crippen LogP contribution is 2.20. The number of imidazole rings is 1. The smallest absolute Gasteiger partial charge is 0.223 e. The quantitative estimate of drug-likeness (QED) is 0.723. The molecule has 0 spiro atoms. The van der Waals surface area contributed by atoms with Crippen molar-refractivity contribution < 1.29 is 4.57 Å². The summed E-state index contributed by atoms with van der Waals surface area (Å²) in [6.45, 7) is 6.72. The first-order valence-corrected chi connectivity index (χ1v) is 5.64. The molecule has 0 fully saturated rings. The summed E-state index contributed by atoms with van der Waals surface area (Å²) in [6.07, 6.45) is 5.86. The zero-order chi connectivity index (χ0) is 12.4. The normalized spacial score (nSPS) is 10.2. The van der Waals surface area contributed by atoms with Gasteiger partial charge >= 0.3 is 0 Å². The van der Waals surface area contributed by atoms with Gasteiger partial charge in [0.25, 0.3) is 0 Å². The molecule has 0 aliphatic carbocycles. The van der Waals surface area contributed by atoms with Gasteiger partial charge in [0.15, 0.2) is 6.54 Å². The zero-order valence-corrected chi connectivity index (χ0v) is 10.4. The molecule has 0 aliphatic heterocycles. The first kappa shape index (κ1) is 11.4. The van der Waals surface area contributed by atoms with Crippen molar-refractivity contribution in [2.24, 2.45) is 0 Å². The lowest BCUT2D eigenvalue weighted by molar-refractivity contribution is -0.684. The van der Waals surface area contributed by atoms with Crippen LogP contribution < -0.4 is 4.57 Å². The molecule has 3 nitrogen and oxygen atoms in total. The van der Waals surface area contributed by atoms with E-state index < -0.39 is 0 Å². The van der Waals surface area contributed by atoms with E-state index in [1.165, 1.54) is 22.4 Å². The number of benzene rings is 1. The molecule has 0 amide bonds. The Morgan fingerprint density at radius 3 is 2.47 bits per heavy atom. The van der Waals surface area contributed by atoms with Crippen LogP contribution >= 0.6 is 0 Å². The highest BCUT2D eigenvalue weighted by atomic mass is 15.1. The monoisotopic (exact) mass is 226 g/mol. The Morgan fingerprint density at radius 1 is 1.24 bits per heavy atom. The van der Waals surface area contributed by atoms with E-state index in [4.69, 9.17) is 5.26 Å². The minimum atomic E-state index is 0.386. The lowest BCUT2D eigenvalue weighted by Crippen LogP contribution is -2.29. The summed E-state index contributed by atoms with van der Waals surface area (Å²) in [5.41, 5.74) is 4.98. The van der Waals surface area contributed by atoms with Crippen LogP contribution in [0.5, 0.6) is 0 Å². The van der Waals surface area contributed by atoms with Crippen LogP contribution in [-0.4, -0.2) is 4.57 Å². The van der Waals surface area contributed by atoms with Crippen LogP contribution in [0.1, 0.15) is 16.7 Å². The summed E-state index contributed by atoms with van der Waals surface area (Å²) in [5.74, 6) is 0. The van der Waals surface area contributed by atoms with E-state index in [2.05, 4.69) is 43.5 Å². The van der Waals surface area contributed by atoms with Crippen LogP contribution in [0.2, 0.25) is 0 Å². The van der Waals surface area contributed by atoms with Crippen molar-refractivity contribution in [3.8, 4) is 11.8 Å². The first-order valence-electron chi connectivity index (χ1n) is 5.64. The Balaban J connectivity index is 2.49. The number of aromatic nitrogens is 2. The number of rotatable bonds is 2. The van der Waals surface area contributed by atoms with Crippen LogP contribution in [0.3, 0.4) is 0 Å². The summed E-state index contributed by atoms with van der Waals surface area (Å²) in [5, 5.41) is 8.66.